The van der Waals surface area contributed by atoms with Gasteiger partial charge in [-0.05, 0) is 128 Å². The standard InChI is InChI=1S/C78H52N2Si/c1-51-75(79-77(53-23-6-2-7-24-53)80-76(51)67-36-22-40-73-74(67)66-35-18-21-39-72(66)78(73)70-37-19-16-33-64(70)65-34-17-20-38-71(65)78)55-44-48-62-60-31-14-15-32-61(60)68-49-54(43-47-63(68)69(62)50-55)52-41-45-59(46-42-52)81(56-25-8-3-9-26-56,57-27-10-4-11-28-57)58-29-12-5-13-30-58/h2-50H,1H3. The van der Waals surface area contributed by atoms with Gasteiger partial charge in [0.2, 0.25) is 0 Å². The summed E-state index contributed by atoms with van der Waals surface area (Å²) in [4.78, 5) is 11.1. The van der Waals surface area contributed by atoms with E-state index in [1.807, 2.05) is 0 Å². The fourth-order valence-electron chi connectivity index (χ4n) is 14.4. The molecule has 81 heavy (non-hydrogen) atoms. The van der Waals surface area contributed by atoms with Crippen LogP contribution in [0.1, 0.15) is 27.8 Å². The van der Waals surface area contributed by atoms with E-state index < -0.39 is 13.5 Å². The largest absolute Gasteiger partial charge is 0.228 e. The molecule has 378 valence electrons. The molecular formula is C78H52N2Si. The summed E-state index contributed by atoms with van der Waals surface area (Å²) in [5.41, 5.74) is 18.3. The minimum Gasteiger partial charge on any atom is -0.228 e. The smallest absolute Gasteiger partial charge is 0.179 e. The molecule has 0 saturated heterocycles. The summed E-state index contributed by atoms with van der Waals surface area (Å²) in [7, 11) is -2.68. The molecule has 0 saturated carbocycles. The lowest BCUT2D eigenvalue weighted by molar-refractivity contribution is 0.794. The van der Waals surface area contributed by atoms with Crippen LogP contribution in [-0.4, -0.2) is 18.0 Å². The summed E-state index contributed by atoms with van der Waals surface area (Å²) >= 11 is 0. The van der Waals surface area contributed by atoms with E-state index in [2.05, 4.69) is 304 Å². The molecule has 16 rings (SSSR count). The first-order chi connectivity index (χ1) is 40.1. The van der Waals surface area contributed by atoms with E-state index in [0.29, 0.717) is 5.82 Å². The Morgan fingerprint density at radius 3 is 1.26 bits per heavy atom. The van der Waals surface area contributed by atoms with Crippen molar-refractivity contribution in [3.8, 4) is 67.3 Å². The molecule has 2 aliphatic carbocycles. The molecule has 13 aromatic carbocycles. The topological polar surface area (TPSA) is 25.8 Å². The van der Waals surface area contributed by atoms with Crippen molar-refractivity contribution in [3.63, 3.8) is 0 Å². The summed E-state index contributed by atoms with van der Waals surface area (Å²) in [6, 6.07) is 110. The molecule has 0 bridgehead atoms. The summed E-state index contributed by atoms with van der Waals surface area (Å²) in [6.07, 6.45) is 0. The highest BCUT2D eigenvalue weighted by Gasteiger charge is 2.52. The van der Waals surface area contributed by atoms with Crippen molar-refractivity contribution in [2.75, 3.05) is 0 Å². The third-order valence-electron chi connectivity index (χ3n) is 17.8. The van der Waals surface area contributed by atoms with Gasteiger partial charge in [-0.3, -0.25) is 0 Å². The first-order valence-corrected chi connectivity index (χ1v) is 30.1. The number of aromatic nitrogens is 2. The van der Waals surface area contributed by atoms with Crippen LogP contribution in [0.2, 0.25) is 0 Å². The summed E-state index contributed by atoms with van der Waals surface area (Å²) in [5.74, 6) is 0.705. The van der Waals surface area contributed by atoms with Gasteiger partial charge in [0.25, 0.3) is 0 Å². The van der Waals surface area contributed by atoms with Crippen LogP contribution in [0.25, 0.3) is 99.6 Å². The fraction of sp³-hybridized carbons (Fsp3) is 0.0256. The Balaban J connectivity index is 0.866. The lowest BCUT2D eigenvalue weighted by Gasteiger charge is -2.34. The molecule has 0 unspecified atom stereocenters. The summed E-state index contributed by atoms with van der Waals surface area (Å²) < 4.78 is 0. The SMILES string of the molecule is Cc1c(-c2ccc3c4ccccc4c4cc(-c5ccc([Si](c6ccccc6)(c6ccccc6)c6ccccc6)cc5)ccc4c3c2)nc(-c2ccccc2)nc1-c1cccc2c1-c1ccccc1C21c2ccccc2-c2ccccc21. The van der Waals surface area contributed by atoms with Gasteiger partial charge >= 0.3 is 0 Å². The molecule has 2 aliphatic rings. The van der Waals surface area contributed by atoms with E-state index >= 15 is 0 Å². The van der Waals surface area contributed by atoms with E-state index in [1.165, 1.54) is 109 Å². The van der Waals surface area contributed by atoms with Crippen LogP contribution in [0, 0.1) is 6.92 Å². The Morgan fingerprint density at radius 2 is 0.667 bits per heavy atom. The van der Waals surface area contributed by atoms with Crippen molar-refractivity contribution in [2.24, 2.45) is 0 Å². The quantitative estimate of drug-likeness (QED) is 0.0861. The highest BCUT2D eigenvalue weighted by atomic mass is 28.3. The van der Waals surface area contributed by atoms with E-state index in [-0.39, 0.29) is 0 Å². The van der Waals surface area contributed by atoms with Crippen LogP contribution >= 0.6 is 0 Å². The van der Waals surface area contributed by atoms with Crippen LogP contribution in [0.15, 0.2) is 297 Å². The maximum Gasteiger partial charge on any atom is 0.179 e. The molecule has 1 heterocycles. The number of benzene rings is 13. The van der Waals surface area contributed by atoms with E-state index in [4.69, 9.17) is 9.97 Å². The molecule has 0 fully saturated rings. The lowest BCUT2D eigenvalue weighted by Crippen LogP contribution is -2.74. The van der Waals surface area contributed by atoms with E-state index in [9.17, 15) is 0 Å². The minimum absolute atomic E-state index is 0.465. The highest BCUT2D eigenvalue weighted by molar-refractivity contribution is 7.19. The number of rotatable bonds is 8. The van der Waals surface area contributed by atoms with Crippen LogP contribution in [0.3, 0.4) is 0 Å². The molecule has 2 nitrogen and oxygen atoms in total. The normalized spacial score (nSPS) is 12.9. The number of hydrogen-bond donors (Lipinski definition) is 0. The van der Waals surface area contributed by atoms with Crippen molar-refractivity contribution in [2.45, 2.75) is 12.3 Å². The zero-order chi connectivity index (χ0) is 53.7. The van der Waals surface area contributed by atoms with Gasteiger partial charge in [0, 0.05) is 22.3 Å². The molecule has 1 aromatic heterocycles. The predicted octanol–water partition coefficient (Wildman–Crippen LogP) is 16.6. The van der Waals surface area contributed by atoms with Crippen molar-refractivity contribution in [3.05, 3.63) is 325 Å². The Morgan fingerprint density at radius 1 is 0.272 bits per heavy atom. The van der Waals surface area contributed by atoms with E-state index in [1.54, 1.807) is 0 Å². The Hall–Kier alpha value is -10.1. The van der Waals surface area contributed by atoms with E-state index in [0.717, 1.165) is 33.6 Å². The van der Waals surface area contributed by atoms with Gasteiger partial charge in [0.15, 0.2) is 13.9 Å². The van der Waals surface area contributed by atoms with Crippen molar-refractivity contribution >= 4 is 61.1 Å². The second kappa shape index (κ2) is 18.5. The van der Waals surface area contributed by atoms with Gasteiger partial charge < -0.3 is 0 Å². The third-order valence-corrected chi connectivity index (χ3v) is 22.6. The summed E-state index contributed by atoms with van der Waals surface area (Å²) in [5, 5.41) is 12.8. The number of hydrogen-bond acceptors (Lipinski definition) is 2. The monoisotopic (exact) mass is 1040 g/mol. The van der Waals surface area contributed by atoms with Gasteiger partial charge in [-0.1, -0.05) is 285 Å². The van der Waals surface area contributed by atoms with Gasteiger partial charge in [-0.25, -0.2) is 9.97 Å². The maximum absolute atomic E-state index is 5.60. The van der Waals surface area contributed by atoms with Crippen molar-refractivity contribution < 1.29 is 0 Å². The average molecular weight is 1050 g/mol. The lowest BCUT2D eigenvalue weighted by atomic mass is 9.70. The minimum atomic E-state index is -2.68. The van der Waals surface area contributed by atoms with Crippen molar-refractivity contribution in [1.82, 2.24) is 9.97 Å². The number of fused-ring (bicyclic) bond motifs is 16. The zero-order valence-electron chi connectivity index (χ0n) is 44.7. The highest BCUT2D eigenvalue weighted by Crippen LogP contribution is 2.64. The molecule has 14 aromatic rings. The molecule has 1 spiro atoms. The molecule has 0 amide bonds. The predicted molar refractivity (Wildman–Crippen MR) is 341 cm³/mol. The van der Waals surface area contributed by atoms with Gasteiger partial charge in [0.1, 0.15) is 0 Å². The van der Waals surface area contributed by atoms with Crippen molar-refractivity contribution in [1.29, 1.82) is 0 Å². The molecule has 0 aliphatic heterocycles. The Bertz CT molecular complexity index is 4660. The average Bonchev–Trinajstić information content (AvgIpc) is 3.80. The molecule has 3 heteroatoms. The molecular weight excluding hydrogens is 993 g/mol. The molecule has 0 N–H and O–H groups in total. The second-order valence-electron chi connectivity index (χ2n) is 21.8. The van der Waals surface area contributed by atoms with Crippen LogP contribution < -0.4 is 20.7 Å². The Kier molecular flexibility index (Phi) is 10.7. The Labute approximate surface area is 473 Å². The van der Waals surface area contributed by atoms with Crippen LogP contribution in [0.5, 0.6) is 0 Å². The maximum atomic E-state index is 5.60. The third kappa shape index (κ3) is 6.92. The molecule has 0 atom stereocenters. The molecule has 0 radical (unpaired) electrons. The zero-order valence-corrected chi connectivity index (χ0v) is 45.7. The fourth-order valence-corrected chi connectivity index (χ4v) is 19.1. The first kappa shape index (κ1) is 47.0. The summed E-state index contributed by atoms with van der Waals surface area (Å²) in [6.45, 7) is 2.22. The van der Waals surface area contributed by atoms with Gasteiger partial charge in [-0.15, -0.1) is 0 Å². The second-order valence-corrected chi connectivity index (χ2v) is 25.7. The van der Waals surface area contributed by atoms with Crippen LogP contribution in [0.4, 0.5) is 0 Å². The van der Waals surface area contributed by atoms with Gasteiger partial charge in [0.05, 0.1) is 16.8 Å². The van der Waals surface area contributed by atoms with Crippen LogP contribution in [-0.2, 0) is 5.41 Å². The van der Waals surface area contributed by atoms with Gasteiger partial charge in [-0.2, -0.15) is 0 Å². The first-order valence-electron chi connectivity index (χ1n) is 28.1. The number of nitrogens with zero attached hydrogens (tertiary/aromatic N) is 2.